The van der Waals surface area contributed by atoms with Gasteiger partial charge in [-0.15, -0.1) is 0 Å². The van der Waals surface area contributed by atoms with Crippen molar-refractivity contribution in [3.05, 3.63) is 28.2 Å². The molecule has 1 aromatic carbocycles. The van der Waals surface area contributed by atoms with Crippen LogP contribution in [0.5, 0.6) is 0 Å². The van der Waals surface area contributed by atoms with Gasteiger partial charge in [0.2, 0.25) is 0 Å². The van der Waals surface area contributed by atoms with E-state index >= 15 is 0 Å². The Balaban J connectivity index is 1.96. The van der Waals surface area contributed by atoms with E-state index in [1.165, 1.54) is 25.7 Å². The molecule has 4 heteroatoms. The van der Waals surface area contributed by atoms with E-state index < -0.39 is 6.10 Å². The quantitative estimate of drug-likeness (QED) is 0.892. The van der Waals surface area contributed by atoms with Crippen molar-refractivity contribution in [1.29, 1.82) is 0 Å². The SMILES string of the molecule is CC(O)c1ccc(Br)cc1N1CCOC2CCCCC21. The van der Waals surface area contributed by atoms with E-state index in [9.17, 15) is 5.11 Å². The number of ether oxygens (including phenoxy) is 1. The minimum absolute atomic E-state index is 0.360. The molecule has 0 amide bonds. The molecule has 1 aromatic rings. The maximum absolute atomic E-state index is 10.0. The lowest BCUT2D eigenvalue weighted by atomic mass is 9.89. The first-order chi connectivity index (χ1) is 9.66. The summed E-state index contributed by atoms with van der Waals surface area (Å²) in [5.74, 6) is 0. The van der Waals surface area contributed by atoms with Crippen LogP contribution in [0, 0.1) is 0 Å². The predicted molar refractivity (Wildman–Crippen MR) is 84.1 cm³/mol. The van der Waals surface area contributed by atoms with Gasteiger partial charge in [0.15, 0.2) is 0 Å². The molecule has 3 rings (SSSR count). The molecule has 0 bridgehead atoms. The Kier molecular flexibility index (Phi) is 4.34. The first kappa shape index (κ1) is 14.4. The molecule has 1 aliphatic heterocycles. The lowest BCUT2D eigenvalue weighted by molar-refractivity contribution is -0.00888. The highest BCUT2D eigenvalue weighted by molar-refractivity contribution is 9.10. The van der Waals surface area contributed by atoms with Crippen LogP contribution in [0.4, 0.5) is 5.69 Å². The van der Waals surface area contributed by atoms with Crippen molar-refractivity contribution >= 4 is 21.6 Å². The maximum Gasteiger partial charge on any atom is 0.0782 e. The van der Waals surface area contributed by atoms with Crippen LogP contribution in [0.15, 0.2) is 22.7 Å². The van der Waals surface area contributed by atoms with Gasteiger partial charge in [0.05, 0.1) is 24.9 Å². The largest absolute Gasteiger partial charge is 0.389 e. The molecule has 20 heavy (non-hydrogen) atoms. The van der Waals surface area contributed by atoms with Gasteiger partial charge in [0.25, 0.3) is 0 Å². The second-order valence-corrected chi connectivity index (χ2v) is 6.75. The number of nitrogens with zero attached hydrogens (tertiary/aromatic N) is 1. The van der Waals surface area contributed by atoms with Crippen molar-refractivity contribution in [2.75, 3.05) is 18.1 Å². The van der Waals surface area contributed by atoms with Crippen LogP contribution in [-0.2, 0) is 4.74 Å². The smallest absolute Gasteiger partial charge is 0.0782 e. The van der Waals surface area contributed by atoms with Crippen LogP contribution in [0.1, 0.15) is 44.3 Å². The highest BCUT2D eigenvalue weighted by Crippen LogP contribution is 2.36. The minimum atomic E-state index is -0.442. The van der Waals surface area contributed by atoms with E-state index in [1.807, 2.05) is 19.1 Å². The van der Waals surface area contributed by atoms with Crippen LogP contribution in [0.2, 0.25) is 0 Å². The van der Waals surface area contributed by atoms with E-state index in [2.05, 4.69) is 26.9 Å². The van der Waals surface area contributed by atoms with Crippen LogP contribution in [-0.4, -0.2) is 30.4 Å². The fourth-order valence-corrected chi connectivity index (χ4v) is 3.86. The van der Waals surface area contributed by atoms with E-state index in [0.717, 1.165) is 28.9 Å². The summed E-state index contributed by atoms with van der Waals surface area (Å²) >= 11 is 3.56. The summed E-state index contributed by atoms with van der Waals surface area (Å²) in [4.78, 5) is 2.46. The van der Waals surface area contributed by atoms with Gasteiger partial charge >= 0.3 is 0 Å². The predicted octanol–water partition coefficient (Wildman–Crippen LogP) is 3.65. The Bertz CT molecular complexity index is 476. The number of halogens is 1. The fraction of sp³-hybridized carbons (Fsp3) is 0.625. The summed E-state index contributed by atoms with van der Waals surface area (Å²) in [6, 6.07) is 6.63. The van der Waals surface area contributed by atoms with Gasteiger partial charge in [-0.05, 0) is 31.9 Å². The van der Waals surface area contributed by atoms with Gasteiger partial charge in [0, 0.05) is 22.3 Å². The average Bonchev–Trinajstić information content (AvgIpc) is 2.46. The van der Waals surface area contributed by atoms with Gasteiger partial charge in [-0.25, -0.2) is 0 Å². The average molecular weight is 340 g/mol. The van der Waals surface area contributed by atoms with Gasteiger partial charge in [0.1, 0.15) is 0 Å². The van der Waals surface area contributed by atoms with Crippen LogP contribution in [0.3, 0.4) is 0 Å². The topological polar surface area (TPSA) is 32.7 Å². The number of aliphatic hydroxyl groups excluding tert-OH is 1. The zero-order valence-electron chi connectivity index (χ0n) is 11.9. The van der Waals surface area contributed by atoms with Crippen molar-refractivity contribution in [3.8, 4) is 0 Å². The number of hydrogen-bond donors (Lipinski definition) is 1. The Hall–Kier alpha value is -0.580. The molecular formula is C16H22BrNO2. The third-order valence-corrected chi connectivity index (χ3v) is 4.98. The summed E-state index contributed by atoms with van der Waals surface area (Å²) in [6.07, 6.45) is 4.83. The summed E-state index contributed by atoms with van der Waals surface area (Å²) in [5, 5.41) is 10.0. The van der Waals surface area contributed by atoms with Crippen molar-refractivity contribution in [1.82, 2.24) is 0 Å². The van der Waals surface area contributed by atoms with Crippen LogP contribution >= 0.6 is 15.9 Å². The number of morpholine rings is 1. The Morgan fingerprint density at radius 2 is 2.15 bits per heavy atom. The van der Waals surface area contributed by atoms with Gasteiger partial charge < -0.3 is 14.7 Å². The summed E-state index contributed by atoms with van der Waals surface area (Å²) in [5.41, 5.74) is 2.17. The zero-order chi connectivity index (χ0) is 14.1. The molecule has 1 saturated carbocycles. The molecule has 2 fully saturated rings. The van der Waals surface area contributed by atoms with E-state index in [0.29, 0.717) is 12.1 Å². The Morgan fingerprint density at radius 1 is 1.35 bits per heavy atom. The molecule has 1 heterocycles. The maximum atomic E-state index is 10.0. The third-order valence-electron chi connectivity index (χ3n) is 4.48. The third kappa shape index (κ3) is 2.74. The fourth-order valence-electron chi connectivity index (χ4n) is 3.51. The van der Waals surface area contributed by atoms with Gasteiger partial charge in [-0.3, -0.25) is 0 Å². The highest BCUT2D eigenvalue weighted by atomic mass is 79.9. The molecule has 3 atom stereocenters. The number of hydrogen-bond acceptors (Lipinski definition) is 3. The van der Waals surface area contributed by atoms with E-state index in [-0.39, 0.29) is 0 Å². The molecule has 2 aliphatic rings. The molecule has 0 spiro atoms. The molecule has 1 saturated heterocycles. The standard InChI is InChI=1S/C16H22BrNO2/c1-11(19)13-7-6-12(17)10-15(13)18-8-9-20-16-5-3-2-4-14(16)18/h6-7,10-11,14,16,19H,2-5,8-9H2,1H3. The van der Waals surface area contributed by atoms with E-state index in [1.54, 1.807) is 0 Å². The molecule has 0 radical (unpaired) electrons. The lowest BCUT2D eigenvalue weighted by Gasteiger charge is -2.46. The molecule has 3 nitrogen and oxygen atoms in total. The molecule has 1 aliphatic carbocycles. The Morgan fingerprint density at radius 3 is 2.95 bits per heavy atom. The number of aliphatic hydroxyl groups is 1. The van der Waals surface area contributed by atoms with Crippen molar-refractivity contribution < 1.29 is 9.84 Å². The normalized spacial score (nSPS) is 28.1. The van der Waals surface area contributed by atoms with Crippen molar-refractivity contribution in [3.63, 3.8) is 0 Å². The van der Waals surface area contributed by atoms with Gasteiger partial charge in [-0.1, -0.05) is 34.8 Å². The number of benzene rings is 1. The first-order valence-corrected chi connectivity index (χ1v) is 8.32. The molecule has 3 unspecified atom stereocenters. The minimum Gasteiger partial charge on any atom is -0.389 e. The summed E-state index contributed by atoms with van der Waals surface area (Å²) in [7, 11) is 0. The molecule has 1 N–H and O–H groups in total. The summed E-state index contributed by atoms with van der Waals surface area (Å²) < 4.78 is 7.01. The molecule has 0 aromatic heterocycles. The van der Waals surface area contributed by atoms with Gasteiger partial charge in [-0.2, -0.15) is 0 Å². The highest BCUT2D eigenvalue weighted by Gasteiger charge is 2.35. The summed E-state index contributed by atoms with van der Waals surface area (Å²) in [6.45, 7) is 3.54. The van der Waals surface area contributed by atoms with Crippen LogP contribution < -0.4 is 4.90 Å². The number of anilines is 1. The second kappa shape index (κ2) is 6.04. The first-order valence-electron chi connectivity index (χ1n) is 7.52. The zero-order valence-corrected chi connectivity index (χ0v) is 13.5. The lowest BCUT2D eigenvalue weighted by Crippen LogP contribution is -2.53. The monoisotopic (exact) mass is 339 g/mol. The number of rotatable bonds is 2. The Labute approximate surface area is 129 Å². The van der Waals surface area contributed by atoms with E-state index in [4.69, 9.17) is 4.74 Å². The molecule has 110 valence electrons. The second-order valence-electron chi connectivity index (χ2n) is 5.83. The van der Waals surface area contributed by atoms with Crippen molar-refractivity contribution in [2.24, 2.45) is 0 Å². The number of fused-ring (bicyclic) bond motifs is 1. The van der Waals surface area contributed by atoms with Crippen molar-refractivity contribution in [2.45, 2.75) is 50.9 Å². The molecular weight excluding hydrogens is 318 g/mol. The van der Waals surface area contributed by atoms with Crippen LogP contribution in [0.25, 0.3) is 0 Å².